The first-order valence-electron chi connectivity index (χ1n) is 13.3. The number of anilines is 1. The zero-order chi connectivity index (χ0) is 33.0. The molecule has 2 heterocycles. The second-order valence-electron chi connectivity index (χ2n) is 9.36. The van der Waals surface area contributed by atoms with Crippen molar-refractivity contribution >= 4 is 23.7 Å². The predicted octanol–water partition coefficient (Wildman–Crippen LogP) is 3.92. The second kappa shape index (κ2) is 15.8. The molecule has 4 rings (SSSR count). The molecule has 0 aliphatic carbocycles. The van der Waals surface area contributed by atoms with Crippen molar-refractivity contribution in [1.29, 1.82) is 0 Å². The quantitative estimate of drug-likeness (QED) is 0.152. The van der Waals surface area contributed by atoms with E-state index < -0.39 is 29.9 Å². The summed E-state index contributed by atoms with van der Waals surface area (Å²) in [6.07, 6.45) is -1.32. The Morgan fingerprint density at radius 2 is 1.67 bits per heavy atom. The van der Waals surface area contributed by atoms with Gasteiger partial charge in [0, 0.05) is 36.6 Å². The molecule has 12 nitrogen and oxygen atoms in total. The molecule has 0 saturated carbocycles. The molecule has 0 spiro atoms. The van der Waals surface area contributed by atoms with Crippen LogP contribution < -0.4 is 21.5 Å². The number of carbonyl (C=O) groups is 3. The van der Waals surface area contributed by atoms with E-state index in [4.69, 9.17) is 26.1 Å². The van der Waals surface area contributed by atoms with E-state index in [1.807, 2.05) is 30.3 Å². The molecule has 0 radical (unpaired) electrons. The Kier molecular flexibility index (Phi) is 11.9. The van der Waals surface area contributed by atoms with Gasteiger partial charge >= 0.3 is 24.1 Å². The van der Waals surface area contributed by atoms with Crippen LogP contribution in [-0.2, 0) is 29.0 Å². The fourth-order valence-corrected chi connectivity index (χ4v) is 3.97. The van der Waals surface area contributed by atoms with E-state index in [1.54, 1.807) is 36.5 Å². The first kappa shape index (κ1) is 33.9. The SMILES string of the molecule is NCCc1ccc(C(N)=O)cc1C(Cc1ccnc(Oc2ccc(CNc3ccccn3)cc2)n1)C(=O)O.O=C(O)C(F)(F)F. The van der Waals surface area contributed by atoms with Crippen molar-refractivity contribution in [3.05, 3.63) is 107 Å². The minimum Gasteiger partial charge on any atom is -0.481 e. The maximum atomic E-state index is 12.3. The Balaban J connectivity index is 0.000000707. The molecule has 0 aliphatic heterocycles. The zero-order valence-corrected chi connectivity index (χ0v) is 23.6. The Morgan fingerprint density at radius 3 is 2.24 bits per heavy atom. The number of carbonyl (C=O) groups excluding carboxylic acids is 1. The van der Waals surface area contributed by atoms with Gasteiger partial charge in [0.15, 0.2) is 0 Å². The minimum atomic E-state index is -5.08. The fraction of sp³-hybridized carbons (Fsp3) is 0.200. The van der Waals surface area contributed by atoms with Crippen molar-refractivity contribution in [3.8, 4) is 11.8 Å². The molecule has 1 amide bonds. The van der Waals surface area contributed by atoms with Crippen molar-refractivity contribution in [1.82, 2.24) is 15.0 Å². The number of benzene rings is 2. The van der Waals surface area contributed by atoms with Crippen LogP contribution in [0, 0.1) is 0 Å². The predicted molar refractivity (Wildman–Crippen MR) is 156 cm³/mol. The average molecular weight is 627 g/mol. The molecule has 0 bridgehead atoms. The summed E-state index contributed by atoms with van der Waals surface area (Å²) in [6.45, 7) is 0.932. The molecule has 1 atom stereocenters. The van der Waals surface area contributed by atoms with E-state index in [9.17, 15) is 27.9 Å². The summed E-state index contributed by atoms with van der Waals surface area (Å²) in [5.74, 6) is -4.09. The lowest BCUT2D eigenvalue weighted by Crippen LogP contribution is -2.21. The van der Waals surface area contributed by atoms with E-state index in [0.29, 0.717) is 36.5 Å². The summed E-state index contributed by atoms with van der Waals surface area (Å²) in [5, 5.41) is 20.4. The number of hydrogen-bond acceptors (Lipinski definition) is 9. The average Bonchev–Trinajstić information content (AvgIpc) is 3.00. The summed E-state index contributed by atoms with van der Waals surface area (Å²) < 4.78 is 37.6. The second-order valence-corrected chi connectivity index (χ2v) is 9.36. The van der Waals surface area contributed by atoms with Crippen LogP contribution in [0.5, 0.6) is 11.8 Å². The van der Waals surface area contributed by atoms with Gasteiger partial charge in [0.1, 0.15) is 11.6 Å². The van der Waals surface area contributed by atoms with Crippen molar-refractivity contribution in [2.45, 2.75) is 31.5 Å². The van der Waals surface area contributed by atoms with Gasteiger partial charge in [-0.05, 0) is 72.1 Å². The van der Waals surface area contributed by atoms with Crippen LogP contribution in [0.25, 0.3) is 0 Å². The van der Waals surface area contributed by atoms with Gasteiger partial charge in [-0.2, -0.15) is 18.2 Å². The van der Waals surface area contributed by atoms with E-state index in [2.05, 4.69) is 20.3 Å². The van der Waals surface area contributed by atoms with Crippen molar-refractivity contribution < 1.29 is 42.5 Å². The summed E-state index contributed by atoms with van der Waals surface area (Å²) in [4.78, 5) is 45.7. The number of pyridine rings is 1. The molecule has 0 saturated heterocycles. The molecular formula is C30H29F3N6O6. The highest BCUT2D eigenvalue weighted by Gasteiger charge is 2.38. The molecule has 7 N–H and O–H groups in total. The number of ether oxygens (including phenoxy) is 1. The molecule has 4 aromatic rings. The molecule has 1 unspecified atom stereocenters. The van der Waals surface area contributed by atoms with Gasteiger partial charge in [0.05, 0.1) is 5.92 Å². The van der Waals surface area contributed by atoms with Crippen LogP contribution in [0.2, 0.25) is 0 Å². The summed E-state index contributed by atoms with van der Waals surface area (Å²) in [7, 11) is 0. The number of primary amides is 1. The number of rotatable bonds is 12. The Bertz CT molecular complexity index is 1600. The molecule has 2 aromatic carbocycles. The largest absolute Gasteiger partial charge is 0.490 e. The smallest absolute Gasteiger partial charge is 0.481 e. The fourth-order valence-electron chi connectivity index (χ4n) is 3.97. The van der Waals surface area contributed by atoms with Gasteiger partial charge in [0.2, 0.25) is 5.91 Å². The van der Waals surface area contributed by atoms with Gasteiger partial charge < -0.3 is 31.7 Å². The summed E-state index contributed by atoms with van der Waals surface area (Å²) in [5.41, 5.74) is 14.1. The van der Waals surface area contributed by atoms with Crippen LogP contribution >= 0.6 is 0 Å². The zero-order valence-electron chi connectivity index (χ0n) is 23.6. The van der Waals surface area contributed by atoms with Crippen LogP contribution in [0.3, 0.4) is 0 Å². The van der Waals surface area contributed by atoms with Gasteiger partial charge in [-0.3, -0.25) is 9.59 Å². The number of halogens is 3. The van der Waals surface area contributed by atoms with Gasteiger partial charge in [-0.1, -0.05) is 24.3 Å². The Hall–Kier alpha value is -5.57. The van der Waals surface area contributed by atoms with Gasteiger partial charge in [-0.25, -0.2) is 14.8 Å². The molecule has 15 heteroatoms. The van der Waals surface area contributed by atoms with E-state index in [0.717, 1.165) is 16.9 Å². The molecule has 45 heavy (non-hydrogen) atoms. The number of nitrogens with zero attached hydrogens (tertiary/aromatic N) is 3. The third-order valence-electron chi connectivity index (χ3n) is 6.14. The minimum absolute atomic E-state index is 0.0616. The Labute approximate surface area is 254 Å². The molecule has 2 aromatic heterocycles. The van der Waals surface area contributed by atoms with Crippen LogP contribution in [-0.4, -0.2) is 55.7 Å². The maximum absolute atomic E-state index is 12.3. The number of carboxylic acids is 2. The van der Waals surface area contributed by atoms with E-state index in [-0.39, 0.29) is 18.0 Å². The molecule has 0 fully saturated rings. The lowest BCUT2D eigenvalue weighted by Gasteiger charge is -2.18. The number of carboxylic acid groups (broad SMARTS) is 2. The third-order valence-corrected chi connectivity index (χ3v) is 6.14. The number of alkyl halides is 3. The van der Waals surface area contributed by atoms with Crippen molar-refractivity contribution in [2.75, 3.05) is 11.9 Å². The lowest BCUT2D eigenvalue weighted by molar-refractivity contribution is -0.192. The van der Waals surface area contributed by atoms with Crippen LogP contribution in [0.15, 0.2) is 79.1 Å². The molecule has 236 valence electrons. The van der Waals surface area contributed by atoms with E-state index in [1.165, 1.54) is 12.3 Å². The Morgan fingerprint density at radius 1 is 0.956 bits per heavy atom. The first-order valence-corrected chi connectivity index (χ1v) is 13.3. The number of hydrogen-bond donors (Lipinski definition) is 5. The highest BCUT2D eigenvalue weighted by atomic mass is 19.4. The highest BCUT2D eigenvalue weighted by molar-refractivity contribution is 5.93. The first-order chi connectivity index (χ1) is 21.4. The van der Waals surface area contributed by atoms with Gasteiger partial charge in [-0.15, -0.1) is 0 Å². The number of amides is 1. The van der Waals surface area contributed by atoms with Crippen molar-refractivity contribution in [3.63, 3.8) is 0 Å². The maximum Gasteiger partial charge on any atom is 0.490 e. The number of nitrogens with one attached hydrogen (secondary N) is 1. The highest BCUT2D eigenvalue weighted by Crippen LogP contribution is 2.27. The number of aromatic nitrogens is 3. The standard InChI is InChI=1S/C28H28N6O4.C2HF3O2/c29-12-10-19-6-7-20(26(30)35)15-23(19)24(27(36)37)16-21-11-14-32-28(34-21)38-22-8-4-18(5-9-22)17-33-25-3-1-2-13-31-25;3-2(4,5)1(6)7/h1-9,11,13-15,24H,10,12,16-17,29H2,(H2,30,35)(H,31,33)(H,36,37);(H,6,7). The third kappa shape index (κ3) is 10.6. The summed E-state index contributed by atoms with van der Waals surface area (Å²) in [6, 6.07) is 19.6. The van der Waals surface area contributed by atoms with Crippen LogP contribution in [0.1, 0.15) is 38.7 Å². The van der Waals surface area contributed by atoms with Crippen LogP contribution in [0.4, 0.5) is 19.0 Å². The topological polar surface area (TPSA) is 204 Å². The summed E-state index contributed by atoms with van der Waals surface area (Å²) >= 11 is 0. The number of aliphatic carboxylic acids is 2. The van der Waals surface area contributed by atoms with Gasteiger partial charge in [0.25, 0.3) is 0 Å². The molecular weight excluding hydrogens is 597 g/mol. The van der Waals surface area contributed by atoms with Crippen molar-refractivity contribution in [2.24, 2.45) is 11.5 Å². The normalized spacial score (nSPS) is 11.5. The molecule has 0 aliphatic rings. The monoisotopic (exact) mass is 626 g/mol. The lowest BCUT2D eigenvalue weighted by atomic mass is 9.87. The number of nitrogens with two attached hydrogens (primary N) is 2. The van der Waals surface area contributed by atoms with E-state index >= 15 is 0 Å².